The van der Waals surface area contributed by atoms with Crippen LogP contribution in [-0.2, 0) is 16.1 Å². The number of hydrogen-bond acceptors (Lipinski definition) is 2. The summed E-state index contributed by atoms with van der Waals surface area (Å²) in [7, 11) is 0. The molecule has 0 aliphatic carbocycles. The molecule has 1 unspecified atom stereocenters. The number of rotatable bonds is 2. The van der Waals surface area contributed by atoms with Crippen molar-refractivity contribution in [2.45, 2.75) is 19.5 Å². The smallest absolute Gasteiger partial charge is 0.242 e. The lowest BCUT2D eigenvalue weighted by Gasteiger charge is -2.32. The maximum atomic E-state index is 13.0. The van der Waals surface area contributed by atoms with Gasteiger partial charge in [-0.1, -0.05) is 0 Å². The Kier molecular flexibility index (Phi) is 3.27. The minimum atomic E-state index is -0.702. The number of benzene rings is 1. The molecule has 4 nitrogen and oxygen atoms in total. The molecule has 1 heterocycles. The van der Waals surface area contributed by atoms with Crippen LogP contribution in [0.1, 0.15) is 12.5 Å². The topological polar surface area (TPSA) is 49.4 Å². The first-order valence-corrected chi connectivity index (χ1v) is 5.49. The zero-order valence-corrected chi connectivity index (χ0v) is 9.74. The Bertz CT molecular complexity index is 485. The van der Waals surface area contributed by atoms with Gasteiger partial charge in [-0.2, -0.15) is 0 Å². The fourth-order valence-corrected chi connectivity index (χ4v) is 1.89. The third kappa shape index (κ3) is 2.47. The van der Waals surface area contributed by atoms with E-state index in [1.807, 2.05) is 0 Å². The van der Waals surface area contributed by atoms with Gasteiger partial charge in [0.05, 0.1) is 6.54 Å². The fourth-order valence-electron chi connectivity index (χ4n) is 1.89. The number of hydrogen-bond donors (Lipinski definition) is 1. The molecular formula is C12H12F2N2O2. The third-order valence-corrected chi connectivity index (χ3v) is 2.86. The van der Waals surface area contributed by atoms with Crippen LogP contribution in [0.3, 0.4) is 0 Å². The van der Waals surface area contributed by atoms with Gasteiger partial charge in [0.2, 0.25) is 11.8 Å². The third-order valence-electron chi connectivity index (χ3n) is 2.86. The van der Waals surface area contributed by atoms with E-state index in [2.05, 4.69) is 5.32 Å². The van der Waals surface area contributed by atoms with Crippen LogP contribution in [0.5, 0.6) is 0 Å². The van der Waals surface area contributed by atoms with Gasteiger partial charge in [0.15, 0.2) is 0 Å². The van der Waals surface area contributed by atoms with E-state index >= 15 is 0 Å². The molecule has 0 bridgehead atoms. The zero-order valence-electron chi connectivity index (χ0n) is 9.74. The Labute approximate surface area is 103 Å². The summed E-state index contributed by atoms with van der Waals surface area (Å²) >= 11 is 0. The van der Waals surface area contributed by atoms with Gasteiger partial charge in [-0.05, 0) is 24.6 Å². The molecule has 0 saturated carbocycles. The summed E-state index contributed by atoms with van der Waals surface area (Å²) in [5, 5.41) is 2.44. The zero-order chi connectivity index (χ0) is 13.3. The summed E-state index contributed by atoms with van der Waals surface area (Å²) in [5.41, 5.74) is 0.322. The predicted molar refractivity (Wildman–Crippen MR) is 59.4 cm³/mol. The maximum Gasteiger partial charge on any atom is 0.242 e. The second-order valence-electron chi connectivity index (χ2n) is 4.19. The molecular weight excluding hydrogens is 242 g/mol. The van der Waals surface area contributed by atoms with Crippen molar-refractivity contribution < 1.29 is 18.4 Å². The first-order chi connectivity index (χ1) is 8.47. The van der Waals surface area contributed by atoms with Gasteiger partial charge >= 0.3 is 0 Å². The molecule has 1 aliphatic heterocycles. The number of halogens is 2. The van der Waals surface area contributed by atoms with Crippen LogP contribution in [0.2, 0.25) is 0 Å². The van der Waals surface area contributed by atoms with Crippen LogP contribution in [0.15, 0.2) is 18.2 Å². The highest BCUT2D eigenvalue weighted by Crippen LogP contribution is 2.14. The lowest BCUT2D eigenvalue weighted by atomic mass is 10.1. The van der Waals surface area contributed by atoms with Crippen molar-refractivity contribution in [3.63, 3.8) is 0 Å². The molecule has 18 heavy (non-hydrogen) atoms. The van der Waals surface area contributed by atoms with Crippen molar-refractivity contribution in [1.82, 2.24) is 10.2 Å². The minimum absolute atomic E-state index is 0.0160. The molecule has 2 rings (SSSR count). The number of amides is 2. The maximum absolute atomic E-state index is 13.0. The molecule has 0 aromatic heterocycles. The molecule has 1 aromatic carbocycles. The van der Waals surface area contributed by atoms with E-state index in [0.29, 0.717) is 5.56 Å². The summed E-state index contributed by atoms with van der Waals surface area (Å²) < 4.78 is 26.1. The van der Waals surface area contributed by atoms with Crippen molar-refractivity contribution in [3.05, 3.63) is 35.4 Å². The van der Waals surface area contributed by atoms with E-state index in [9.17, 15) is 18.4 Å². The first kappa shape index (κ1) is 12.5. The summed E-state index contributed by atoms with van der Waals surface area (Å²) in [4.78, 5) is 24.4. The van der Waals surface area contributed by atoms with Gasteiger partial charge < -0.3 is 10.2 Å². The van der Waals surface area contributed by atoms with Gasteiger partial charge in [0.1, 0.15) is 17.7 Å². The monoisotopic (exact) mass is 254 g/mol. The molecule has 1 fully saturated rings. The van der Waals surface area contributed by atoms with Crippen LogP contribution in [0.25, 0.3) is 0 Å². The lowest BCUT2D eigenvalue weighted by molar-refractivity contribution is -0.145. The Hall–Kier alpha value is -1.98. The fraction of sp³-hybridized carbons (Fsp3) is 0.333. The second kappa shape index (κ2) is 4.72. The molecule has 6 heteroatoms. The molecule has 96 valence electrons. The Balaban J connectivity index is 2.21. The number of piperazine rings is 1. The summed E-state index contributed by atoms with van der Waals surface area (Å²) in [6, 6.07) is 2.42. The average Bonchev–Trinajstić information content (AvgIpc) is 2.28. The van der Waals surface area contributed by atoms with Crippen LogP contribution >= 0.6 is 0 Å². The SMILES string of the molecule is CC1C(=O)NCC(=O)N1Cc1cc(F)cc(F)c1. The normalized spacial score (nSPS) is 19.9. The summed E-state index contributed by atoms with van der Waals surface area (Å²) in [6.45, 7) is 1.51. The standard InChI is InChI=1S/C12H12F2N2O2/c1-7-12(18)15-5-11(17)16(7)6-8-2-9(13)4-10(14)3-8/h2-4,7H,5-6H2,1H3,(H,15,18). The second-order valence-corrected chi connectivity index (χ2v) is 4.19. The molecule has 0 radical (unpaired) electrons. The van der Waals surface area contributed by atoms with E-state index < -0.39 is 17.7 Å². The van der Waals surface area contributed by atoms with E-state index in [1.165, 1.54) is 4.90 Å². The molecule has 1 saturated heterocycles. The number of nitrogens with zero attached hydrogens (tertiary/aromatic N) is 1. The van der Waals surface area contributed by atoms with Gasteiger partial charge in [-0.3, -0.25) is 9.59 Å². The number of carbonyl (C=O) groups excluding carboxylic acids is 2. The van der Waals surface area contributed by atoms with Gasteiger partial charge in [0.25, 0.3) is 0 Å². The molecule has 1 atom stereocenters. The van der Waals surface area contributed by atoms with Gasteiger partial charge in [0, 0.05) is 12.6 Å². The molecule has 1 aliphatic rings. The van der Waals surface area contributed by atoms with Crippen LogP contribution < -0.4 is 5.32 Å². The van der Waals surface area contributed by atoms with Crippen molar-refractivity contribution in [2.24, 2.45) is 0 Å². The summed E-state index contributed by atoms with van der Waals surface area (Å²) in [5.74, 6) is -1.95. The van der Waals surface area contributed by atoms with E-state index in [0.717, 1.165) is 18.2 Å². The van der Waals surface area contributed by atoms with Crippen molar-refractivity contribution in [1.29, 1.82) is 0 Å². The predicted octanol–water partition coefficient (Wildman–Crippen LogP) is 0.812. The highest BCUT2D eigenvalue weighted by atomic mass is 19.1. The van der Waals surface area contributed by atoms with Crippen LogP contribution in [0.4, 0.5) is 8.78 Å². The molecule has 2 amide bonds. The number of carbonyl (C=O) groups is 2. The van der Waals surface area contributed by atoms with Crippen molar-refractivity contribution >= 4 is 11.8 Å². The van der Waals surface area contributed by atoms with E-state index in [1.54, 1.807) is 6.92 Å². The quantitative estimate of drug-likeness (QED) is 0.849. The summed E-state index contributed by atoms with van der Waals surface area (Å²) in [6.07, 6.45) is 0. The minimum Gasteiger partial charge on any atom is -0.345 e. The van der Waals surface area contributed by atoms with Crippen molar-refractivity contribution in [3.8, 4) is 0 Å². The van der Waals surface area contributed by atoms with E-state index in [4.69, 9.17) is 0 Å². The Morgan fingerprint density at radius 3 is 2.50 bits per heavy atom. The largest absolute Gasteiger partial charge is 0.345 e. The Morgan fingerprint density at radius 2 is 1.89 bits per heavy atom. The molecule has 1 aromatic rings. The number of nitrogens with one attached hydrogen (secondary N) is 1. The molecule has 1 N–H and O–H groups in total. The highest BCUT2D eigenvalue weighted by Gasteiger charge is 2.30. The van der Waals surface area contributed by atoms with Gasteiger partial charge in [-0.25, -0.2) is 8.78 Å². The first-order valence-electron chi connectivity index (χ1n) is 5.49. The van der Waals surface area contributed by atoms with Crippen LogP contribution in [-0.4, -0.2) is 29.3 Å². The average molecular weight is 254 g/mol. The lowest BCUT2D eigenvalue weighted by Crippen LogP contribution is -2.56. The van der Waals surface area contributed by atoms with Crippen molar-refractivity contribution in [2.75, 3.05) is 6.54 Å². The van der Waals surface area contributed by atoms with Gasteiger partial charge in [-0.15, -0.1) is 0 Å². The molecule has 0 spiro atoms. The van der Waals surface area contributed by atoms with Crippen LogP contribution in [0, 0.1) is 11.6 Å². The highest BCUT2D eigenvalue weighted by molar-refractivity contribution is 5.94. The Morgan fingerprint density at radius 1 is 1.28 bits per heavy atom. The van der Waals surface area contributed by atoms with E-state index in [-0.39, 0.29) is 24.9 Å².